The average molecular weight is 446 g/mol. The highest BCUT2D eigenvalue weighted by atomic mass is 35.5. The number of alkyl halides is 3. The Morgan fingerprint density at radius 3 is 2.04 bits per heavy atom. The summed E-state index contributed by atoms with van der Waals surface area (Å²) in [5.41, 5.74) is 0.256. The maximum atomic E-state index is 12.9. The Morgan fingerprint density at radius 1 is 1.22 bits per heavy atom. The summed E-state index contributed by atoms with van der Waals surface area (Å²) in [7, 11) is -3.36. The van der Waals surface area contributed by atoms with Crippen LogP contribution in [0.2, 0.25) is 0 Å². The highest BCUT2D eigenvalue weighted by Crippen LogP contribution is 2.20. The van der Waals surface area contributed by atoms with E-state index in [-0.39, 0.29) is 10.5 Å². The highest BCUT2D eigenvalue weighted by Gasteiger charge is 2.25. The van der Waals surface area contributed by atoms with Gasteiger partial charge >= 0.3 is 5.97 Å². The molecule has 0 bridgehead atoms. The lowest BCUT2D eigenvalue weighted by atomic mass is 10.0. The fraction of sp³-hybridized carbons (Fsp3) is 0.500. The van der Waals surface area contributed by atoms with Gasteiger partial charge in [0.05, 0.1) is 10.9 Å². The molecule has 11 heteroatoms. The quantitative estimate of drug-likeness (QED) is 0.527. The molecule has 0 saturated heterocycles. The summed E-state index contributed by atoms with van der Waals surface area (Å²) in [4.78, 5) is 19.6. The minimum absolute atomic E-state index is 0.0702. The predicted octanol–water partition coefficient (Wildman–Crippen LogP) is 2.25. The number of hydrogen-bond acceptors (Lipinski definition) is 5. The van der Waals surface area contributed by atoms with E-state index >= 15 is 0 Å². The molecule has 1 aromatic rings. The number of sulfone groups is 1. The number of carbonyl (C=O) groups is 2. The number of amides is 1. The van der Waals surface area contributed by atoms with Gasteiger partial charge in [-0.3, -0.25) is 9.59 Å². The van der Waals surface area contributed by atoms with Crippen LogP contribution in [0, 0.1) is 0 Å². The fourth-order valence-corrected chi connectivity index (χ4v) is 2.56. The second kappa shape index (κ2) is 12.1. The molecule has 3 N–H and O–H groups in total. The maximum Gasteiger partial charge on any atom is 0.303 e. The molecule has 0 fully saturated rings. The summed E-state index contributed by atoms with van der Waals surface area (Å²) in [5, 5.41) is 20.1. The Bertz CT molecular complexity index is 712. The molecule has 1 rings (SSSR count). The number of carboxylic acids is 1. The number of carboxylic acid groups (broad SMARTS) is 1. The van der Waals surface area contributed by atoms with Crippen LogP contribution in [0.5, 0.6) is 0 Å². The molecule has 0 heterocycles. The smallest absolute Gasteiger partial charge is 0.303 e. The van der Waals surface area contributed by atoms with Gasteiger partial charge in [-0.15, -0.1) is 0 Å². The minimum Gasteiger partial charge on any atom is -0.481 e. The molecule has 0 radical (unpaired) electrons. The molecule has 1 aromatic carbocycles. The Kier molecular flexibility index (Phi) is 11.5. The lowest BCUT2D eigenvalue weighted by molar-refractivity contribution is -0.137. The Balaban J connectivity index is 0.000000972. The van der Waals surface area contributed by atoms with Crippen molar-refractivity contribution in [3.05, 3.63) is 29.8 Å². The number of carbonyl (C=O) groups excluding carboxylic acids is 1. The lowest BCUT2D eigenvalue weighted by Crippen LogP contribution is -2.43. The first kappa shape index (κ1) is 25.6. The standard InChI is InChI=1S/C12H14Cl2FNO4S.C4H8O2/c1-21(19,20)8-4-2-7(3-5-8)10(17)9(6-15)16-12(18)11(13)14;1-2-3-4(5)6/h2-5,9-11,17H,6H2,1H3,(H,16,18);2-3H2,1H3,(H,5,6)/t9-,10-;/m1./s1. The molecule has 7 nitrogen and oxygen atoms in total. The van der Waals surface area contributed by atoms with Crippen LogP contribution in [0.1, 0.15) is 31.4 Å². The average Bonchev–Trinajstić information content (AvgIpc) is 2.58. The number of hydrogen-bond donors (Lipinski definition) is 3. The van der Waals surface area contributed by atoms with Gasteiger partial charge in [0.25, 0.3) is 5.91 Å². The van der Waals surface area contributed by atoms with Gasteiger partial charge in [-0.25, -0.2) is 12.8 Å². The molecular formula is C16H22Cl2FNO6S. The number of rotatable bonds is 8. The van der Waals surface area contributed by atoms with Crippen LogP contribution in [0.3, 0.4) is 0 Å². The van der Waals surface area contributed by atoms with Crippen molar-refractivity contribution in [2.75, 3.05) is 12.9 Å². The van der Waals surface area contributed by atoms with Gasteiger partial charge in [-0.05, 0) is 24.1 Å². The van der Waals surface area contributed by atoms with E-state index < -0.39 is 45.4 Å². The van der Waals surface area contributed by atoms with Gasteiger partial charge in [0.2, 0.25) is 0 Å². The first-order valence-electron chi connectivity index (χ1n) is 7.78. The molecule has 0 unspecified atom stereocenters. The zero-order chi connectivity index (χ0) is 21.2. The second-order valence-corrected chi connectivity index (χ2v) is 8.61. The number of aliphatic carboxylic acids is 1. The molecule has 0 aliphatic carbocycles. The van der Waals surface area contributed by atoms with E-state index in [4.69, 9.17) is 28.3 Å². The normalized spacial score (nSPS) is 13.3. The third kappa shape index (κ3) is 9.90. The molecule has 0 saturated carbocycles. The number of halogens is 3. The van der Waals surface area contributed by atoms with Gasteiger partial charge in [0, 0.05) is 12.7 Å². The molecular weight excluding hydrogens is 424 g/mol. The molecule has 0 aliphatic heterocycles. The van der Waals surface area contributed by atoms with Crippen molar-refractivity contribution in [1.82, 2.24) is 5.32 Å². The van der Waals surface area contributed by atoms with Gasteiger partial charge in [-0.2, -0.15) is 0 Å². The van der Waals surface area contributed by atoms with Gasteiger partial charge in [-0.1, -0.05) is 42.3 Å². The Hall–Kier alpha value is -1.42. The largest absolute Gasteiger partial charge is 0.481 e. The van der Waals surface area contributed by atoms with E-state index in [1.807, 2.05) is 6.92 Å². The van der Waals surface area contributed by atoms with Crippen molar-refractivity contribution >= 4 is 44.9 Å². The topological polar surface area (TPSA) is 121 Å². The van der Waals surface area contributed by atoms with Crippen molar-refractivity contribution in [1.29, 1.82) is 0 Å². The molecule has 1 amide bonds. The third-order valence-corrected chi connectivity index (χ3v) is 4.71. The zero-order valence-electron chi connectivity index (χ0n) is 14.7. The van der Waals surface area contributed by atoms with Gasteiger partial charge < -0.3 is 15.5 Å². The van der Waals surface area contributed by atoms with Crippen molar-refractivity contribution in [2.24, 2.45) is 0 Å². The summed E-state index contributed by atoms with van der Waals surface area (Å²) in [6.07, 6.45) is 0.707. The molecule has 2 atom stereocenters. The third-order valence-electron chi connectivity index (χ3n) is 3.19. The molecule has 0 spiro atoms. The number of aliphatic hydroxyl groups excluding tert-OH is 1. The first-order chi connectivity index (χ1) is 12.4. The number of benzene rings is 1. The lowest BCUT2D eigenvalue weighted by Gasteiger charge is -2.22. The van der Waals surface area contributed by atoms with Crippen molar-refractivity contribution in [3.8, 4) is 0 Å². The van der Waals surface area contributed by atoms with E-state index in [9.17, 15) is 27.5 Å². The molecule has 0 aliphatic rings. The van der Waals surface area contributed by atoms with Gasteiger partial charge in [0.1, 0.15) is 12.8 Å². The van der Waals surface area contributed by atoms with E-state index in [0.717, 1.165) is 12.7 Å². The Labute approximate surface area is 167 Å². The summed E-state index contributed by atoms with van der Waals surface area (Å²) < 4.78 is 35.6. The SMILES string of the molecule is CCCC(=O)O.CS(=O)(=O)c1ccc([C@@H](O)[C@@H](CF)NC(=O)C(Cl)Cl)cc1. The van der Waals surface area contributed by atoms with Crippen LogP contribution in [0.15, 0.2) is 29.2 Å². The molecule has 0 aromatic heterocycles. The highest BCUT2D eigenvalue weighted by molar-refractivity contribution is 7.90. The zero-order valence-corrected chi connectivity index (χ0v) is 17.1. The van der Waals surface area contributed by atoms with Crippen LogP contribution >= 0.6 is 23.2 Å². The monoisotopic (exact) mass is 445 g/mol. The minimum atomic E-state index is -3.36. The van der Waals surface area contributed by atoms with Crippen LogP contribution in [0.25, 0.3) is 0 Å². The number of nitrogens with one attached hydrogen (secondary N) is 1. The maximum absolute atomic E-state index is 12.9. The predicted molar refractivity (Wildman–Crippen MR) is 100 cm³/mol. The second-order valence-electron chi connectivity index (χ2n) is 5.50. The van der Waals surface area contributed by atoms with E-state index in [1.165, 1.54) is 24.3 Å². The summed E-state index contributed by atoms with van der Waals surface area (Å²) in [6, 6.07) is 4.03. The van der Waals surface area contributed by atoms with Gasteiger partial charge in [0.15, 0.2) is 14.7 Å². The van der Waals surface area contributed by atoms with Crippen LogP contribution in [-0.4, -0.2) is 54.3 Å². The van der Waals surface area contributed by atoms with Crippen molar-refractivity contribution < 1.29 is 32.6 Å². The van der Waals surface area contributed by atoms with Crippen LogP contribution in [-0.2, 0) is 19.4 Å². The fourth-order valence-electron chi connectivity index (χ4n) is 1.81. The van der Waals surface area contributed by atoms with E-state index in [2.05, 4.69) is 5.32 Å². The Morgan fingerprint density at radius 2 is 1.74 bits per heavy atom. The molecule has 27 heavy (non-hydrogen) atoms. The van der Waals surface area contributed by atoms with E-state index in [0.29, 0.717) is 6.42 Å². The van der Waals surface area contributed by atoms with Crippen molar-refractivity contribution in [2.45, 2.75) is 41.6 Å². The summed E-state index contributed by atoms with van der Waals surface area (Å²) in [6.45, 7) is 0.801. The van der Waals surface area contributed by atoms with Crippen LogP contribution < -0.4 is 5.32 Å². The molecule has 154 valence electrons. The summed E-state index contributed by atoms with van der Waals surface area (Å²) in [5.74, 6) is -1.54. The first-order valence-corrected chi connectivity index (χ1v) is 10.5. The van der Waals surface area contributed by atoms with Crippen LogP contribution in [0.4, 0.5) is 4.39 Å². The number of aliphatic hydroxyl groups is 1. The summed E-state index contributed by atoms with van der Waals surface area (Å²) >= 11 is 10.7. The van der Waals surface area contributed by atoms with E-state index in [1.54, 1.807) is 0 Å². The van der Waals surface area contributed by atoms with Crippen molar-refractivity contribution in [3.63, 3.8) is 0 Å².